The van der Waals surface area contributed by atoms with Crippen molar-refractivity contribution in [1.29, 1.82) is 0 Å². The van der Waals surface area contributed by atoms with E-state index in [1.54, 1.807) is 13.0 Å². The van der Waals surface area contributed by atoms with Crippen LogP contribution in [0.2, 0.25) is 0 Å². The van der Waals surface area contributed by atoms with Gasteiger partial charge < -0.3 is 11.1 Å². The number of nitrogens with two attached hydrogens (primary N) is 1. The molecule has 8 heteroatoms. The molecule has 0 spiro atoms. The van der Waals surface area contributed by atoms with Gasteiger partial charge in [0.05, 0.1) is 16.9 Å². The van der Waals surface area contributed by atoms with Crippen LogP contribution in [0.15, 0.2) is 30.3 Å². The highest BCUT2D eigenvalue weighted by atomic mass is 19.4. The molecule has 0 saturated heterocycles. The summed E-state index contributed by atoms with van der Waals surface area (Å²) in [7, 11) is 0. The van der Waals surface area contributed by atoms with Crippen LogP contribution in [0.4, 0.5) is 19.0 Å². The molecule has 2 atom stereocenters. The minimum Gasteiger partial charge on any atom is -0.328 e. The number of alkyl halides is 3. The minimum absolute atomic E-state index is 0.0193. The fourth-order valence-electron chi connectivity index (χ4n) is 3.08. The number of anilines is 1. The summed E-state index contributed by atoms with van der Waals surface area (Å²) >= 11 is 0. The van der Waals surface area contributed by atoms with Gasteiger partial charge in [0, 0.05) is 18.0 Å². The van der Waals surface area contributed by atoms with E-state index >= 15 is 0 Å². The first-order valence-electron chi connectivity index (χ1n) is 8.05. The Morgan fingerprint density at radius 1 is 1.32 bits per heavy atom. The predicted molar refractivity (Wildman–Crippen MR) is 87.2 cm³/mol. The third-order valence-electron chi connectivity index (χ3n) is 4.34. The second kappa shape index (κ2) is 6.51. The number of nitrogens with one attached hydrogen (secondary N) is 1. The number of rotatable bonds is 3. The number of benzene rings is 1. The highest BCUT2D eigenvalue weighted by Crippen LogP contribution is 2.31. The molecule has 2 aromatic rings. The van der Waals surface area contributed by atoms with Gasteiger partial charge in [0.15, 0.2) is 0 Å². The lowest BCUT2D eigenvalue weighted by molar-refractivity contribution is -0.137. The maximum absolute atomic E-state index is 12.9. The number of carbonyl (C=O) groups is 1. The lowest BCUT2D eigenvalue weighted by Gasteiger charge is -2.14. The van der Waals surface area contributed by atoms with Gasteiger partial charge in [-0.3, -0.25) is 4.79 Å². The molecule has 3 N–H and O–H groups in total. The van der Waals surface area contributed by atoms with E-state index in [4.69, 9.17) is 5.73 Å². The predicted octanol–water partition coefficient (Wildman–Crippen LogP) is 3.27. The van der Waals surface area contributed by atoms with E-state index in [0.717, 1.165) is 18.6 Å². The quantitative estimate of drug-likeness (QED) is 0.890. The molecule has 1 amide bonds. The van der Waals surface area contributed by atoms with Gasteiger partial charge in [-0.1, -0.05) is 6.07 Å². The summed E-state index contributed by atoms with van der Waals surface area (Å²) in [4.78, 5) is 12.4. The SMILES string of the molecule is Cc1cc(NC(=O)C2CCC(N)C2)n(-c2cccc(C(F)(F)F)c2)n1. The van der Waals surface area contributed by atoms with Crippen LogP contribution in [0.1, 0.15) is 30.5 Å². The molecule has 3 rings (SSSR count). The summed E-state index contributed by atoms with van der Waals surface area (Å²) in [6.45, 7) is 1.71. The lowest BCUT2D eigenvalue weighted by Crippen LogP contribution is -2.24. The van der Waals surface area contributed by atoms with Crippen LogP contribution in [-0.2, 0) is 11.0 Å². The summed E-state index contributed by atoms with van der Waals surface area (Å²) < 4.78 is 40.1. The van der Waals surface area contributed by atoms with Gasteiger partial charge in [0.1, 0.15) is 5.82 Å². The van der Waals surface area contributed by atoms with Crippen molar-refractivity contribution in [2.75, 3.05) is 5.32 Å². The summed E-state index contributed by atoms with van der Waals surface area (Å²) in [6, 6.07) is 6.49. The Morgan fingerprint density at radius 2 is 2.08 bits per heavy atom. The second-order valence-electron chi connectivity index (χ2n) is 6.39. The average Bonchev–Trinajstić information content (AvgIpc) is 3.12. The van der Waals surface area contributed by atoms with Crippen LogP contribution in [0, 0.1) is 12.8 Å². The first-order valence-corrected chi connectivity index (χ1v) is 8.05. The van der Waals surface area contributed by atoms with Crippen molar-refractivity contribution in [1.82, 2.24) is 9.78 Å². The third kappa shape index (κ3) is 3.84. The van der Waals surface area contributed by atoms with E-state index in [-0.39, 0.29) is 23.6 Å². The summed E-state index contributed by atoms with van der Waals surface area (Å²) in [5, 5.41) is 6.98. The van der Waals surface area contributed by atoms with E-state index in [1.807, 2.05) is 0 Å². The highest BCUT2D eigenvalue weighted by molar-refractivity contribution is 5.92. The Labute approximate surface area is 143 Å². The van der Waals surface area contributed by atoms with E-state index in [9.17, 15) is 18.0 Å². The molecule has 0 aliphatic heterocycles. The molecule has 25 heavy (non-hydrogen) atoms. The van der Waals surface area contributed by atoms with E-state index in [1.165, 1.54) is 16.8 Å². The van der Waals surface area contributed by atoms with E-state index in [2.05, 4.69) is 10.4 Å². The smallest absolute Gasteiger partial charge is 0.328 e. The molecule has 1 fully saturated rings. The topological polar surface area (TPSA) is 72.9 Å². The fraction of sp³-hybridized carbons (Fsp3) is 0.412. The van der Waals surface area contributed by atoms with Gasteiger partial charge in [-0.05, 0) is 44.4 Å². The number of carbonyl (C=O) groups excluding carboxylic acids is 1. The van der Waals surface area contributed by atoms with Crippen LogP contribution in [0.3, 0.4) is 0 Å². The summed E-state index contributed by atoms with van der Waals surface area (Å²) in [5.74, 6) is -0.0106. The number of aromatic nitrogens is 2. The van der Waals surface area contributed by atoms with Crippen LogP contribution in [-0.4, -0.2) is 21.7 Å². The molecule has 1 aromatic carbocycles. The van der Waals surface area contributed by atoms with Crippen molar-refractivity contribution in [3.63, 3.8) is 0 Å². The minimum atomic E-state index is -4.44. The van der Waals surface area contributed by atoms with Crippen molar-refractivity contribution in [3.05, 3.63) is 41.6 Å². The zero-order valence-electron chi connectivity index (χ0n) is 13.7. The third-order valence-corrected chi connectivity index (χ3v) is 4.34. The second-order valence-corrected chi connectivity index (χ2v) is 6.39. The van der Waals surface area contributed by atoms with Crippen molar-refractivity contribution in [2.24, 2.45) is 11.7 Å². The van der Waals surface area contributed by atoms with Gasteiger partial charge >= 0.3 is 6.18 Å². The normalized spacial score (nSPS) is 20.7. The van der Waals surface area contributed by atoms with Crippen molar-refractivity contribution in [2.45, 2.75) is 38.4 Å². The van der Waals surface area contributed by atoms with Gasteiger partial charge in [-0.15, -0.1) is 0 Å². The monoisotopic (exact) mass is 352 g/mol. The molecule has 0 bridgehead atoms. The molecular formula is C17H19F3N4O. The standard InChI is InChI=1S/C17H19F3N4O/c1-10-7-15(22-16(25)11-5-6-13(21)8-11)24(23-10)14-4-2-3-12(9-14)17(18,19)20/h2-4,7,9,11,13H,5-6,8,21H2,1H3,(H,22,25). The Bertz CT molecular complexity index is 784. The van der Waals surface area contributed by atoms with E-state index in [0.29, 0.717) is 24.4 Å². The molecule has 5 nitrogen and oxygen atoms in total. The van der Waals surface area contributed by atoms with Crippen molar-refractivity contribution >= 4 is 11.7 Å². The van der Waals surface area contributed by atoms with Gasteiger partial charge in [0.2, 0.25) is 5.91 Å². The fourth-order valence-corrected chi connectivity index (χ4v) is 3.08. The van der Waals surface area contributed by atoms with Crippen molar-refractivity contribution in [3.8, 4) is 5.69 Å². The van der Waals surface area contributed by atoms with Gasteiger partial charge in [-0.2, -0.15) is 18.3 Å². The maximum atomic E-state index is 12.9. The Kier molecular flexibility index (Phi) is 4.55. The number of nitrogens with zero attached hydrogens (tertiary/aromatic N) is 2. The maximum Gasteiger partial charge on any atom is 0.416 e. The highest BCUT2D eigenvalue weighted by Gasteiger charge is 2.31. The number of hydrogen-bond acceptors (Lipinski definition) is 3. The molecule has 0 radical (unpaired) electrons. The van der Waals surface area contributed by atoms with Gasteiger partial charge in [-0.25, -0.2) is 4.68 Å². The molecule has 1 aliphatic carbocycles. The molecule has 134 valence electrons. The number of halogens is 3. The summed E-state index contributed by atoms with van der Waals surface area (Å²) in [5.41, 5.74) is 5.90. The van der Waals surface area contributed by atoms with Gasteiger partial charge in [0.25, 0.3) is 0 Å². The molecule has 1 aromatic heterocycles. The van der Waals surface area contributed by atoms with Crippen LogP contribution < -0.4 is 11.1 Å². The first-order chi connectivity index (χ1) is 11.7. The average molecular weight is 352 g/mol. The Hall–Kier alpha value is -2.35. The van der Waals surface area contributed by atoms with Crippen molar-refractivity contribution < 1.29 is 18.0 Å². The Balaban J connectivity index is 1.88. The zero-order valence-corrected chi connectivity index (χ0v) is 13.7. The van der Waals surface area contributed by atoms with E-state index < -0.39 is 11.7 Å². The number of aryl methyl sites for hydroxylation is 1. The molecule has 1 saturated carbocycles. The number of hydrogen-bond donors (Lipinski definition) is 2. The van der Waals surface area contributed by atoms with Crippen LogP contribution in [0.5, 0.6) is 0 Å². The number of amides is 1. The molecular weight excluding hydrogens is 333 g/mol. The summed E-state index contributed by atoms with van der Waals surface area (Å²) in [6.07, 6.45) is -2.32. The lowest BCUT2D eigenvalue weighted by atomic mass is 10.1. The van der Waals surface area contributed by atoms with Crippen LogP contribution >= 0.6 is 0 Å². The Morgan fingerprint density at radius 3 is 2.72 bits per heavy atom. The molecule has 1 aliphatic rings. The first kappa shape index (κ1) is 17.5. The largest absolute Gasteiger partial charge is 0.416 e. The van der Waals surface area contributed by atoms with Crippen LogP contribution in [0.25, 0.3) is 5.69 Å². The zero-order chi connectivity index (χ0) is 18.2. The molecule has 2 unspecified atom stereocenters. The molecule has 1 heterocycles.